The molecule has 0 radical (unpaired) electrons. The third kappa shape index (κ3) is 3.88. The molecule has 0 amide bonds. The summed E-state index contributed by atoms with van der Waals surface area (Å²) < 4.78 is 0. The lowest BCUT2D eigenvalue weighted by atomic mass is 10.1. The van der Waals surface area contributed by atoms with E-state index >= 15 is 0 Å². The van der Waals surface area contributed by atoms with Crippen LogP contribution < -0.4 is 5.73 Å². The first kappa shape index (κ1) is 13.7. The number of carbonyl (C=O) groups is 1. The average Bonchev–Trinajstić information content (AvgIpc) is 2.53. The Morgan fingerprint density at radius 1 is 0.950 bits per heavy atom. The van der Waals surface area contributed by atoms with Crippen LogP contribution in [0.5, 0.6) is 0 Å². The molecule has 0 fully saturated rings. The number of nitrogens with zero attached hydrogens (tertiary/aromatic N) is 2. The van der Waals surface area contributed by atoms with Gasteiger partial charge in [0.1, 0.15) is 0 Å². The molecule has 2 N–H and O–H groups in total. The number of hydrogen-bond donors (Lipinski definition) is 1. The van der Waals surface area contributed by atoms with Crippen LogP contribution in [0.3, 0.4) is 0 Å². The molecule has 0 aliphatic carbocycles. The summed E-state index contributed by atoms with van der Waals surface area (Å²) in [5.41, 5.74) is 7.24. The Kier molecular flexibility index (Phi) is 4.78. The van der Waals surface area contributed by atoms with Crippen molar-refractivity contribution in [1.82, 2.24) is 0 Å². The van der Waals surface area contributed by atoms with Crippen LogP contribution in [-0.2, 0) is 0 Å². The number of hydrogen-bond acceptors (Lipinski definition) is 3. The van der Waals surface area contributed by atoms with E-state index in [1.165, 1.54) is 6.21 Å². The highest BCUT2D eigenvalue weighted by molar-refractivity contribution is 6.03. The molecule has 0 aliphatic heterocycles. The van der Waals surface area contributed by atoms with E-state index in [1.54, 1.807) is 12.1 Å². The Morgan fingerprint density at radius 2 is 1.50 bits per heavy atom. The summed E-state index contributed by atoms with van der Waals surface area (Å²) in [6.07, 6.45) is 1.67. The van der Waals surface area contributed by atoms with E-state index in [0.29, 0.717) is 11.4 Å². The van der Waals surface area contributed by atoms with Crippen molar-refractivity contribution in [2.45, 2.75) is 6.42 Å². The topological polar surface area (TPSA) is 67.8 Å². The second-order valence-electron chi connectivity index (χ2n) is 4.14. The molecule has 2 aromatic rings. The van der Waals surface area contributed by atoms with Gasteiger partial charge in [0.25, 0.3) is 0 Å². The fraction of sp³-hybridized carbons (Fsp3) is 0.0625. The lowest BCUT2D eigenvalue weighted by molar-refractivity contribution is 0.100. The van der Waals surface area contributed by atoms with E-state index in [0.717, 1.165) is 5.56 Å². The summed E-state index contributed by atoms with van der Waals surface area (Å²) in [5, 5.41) is 7.70. The SMILES string of the molecule is NC(=NN=CCC(=O)c1ccccc1)c1ccccc1. The zero-order valence-corrected chi connectivity index (χ0v) is 10.9. The third-order valence-corrected chi connectivity index (χ3v) is 2.69. The van der Waals surface area contributed by atoms with E-state index in [2.05, 4.69) is 10.2 Å². The maximum atomic E-state index is 11.8. The molecular weight excluding hydrogens is 250 g/mol. The zero-order chi connectivity index (χ0) is 14.2. The van der Waals surface area contributed by atoms with E-state index in [9.17, 15) is 4.79 Å². The van der Waals surface area contributed by atoms with Gasteiger partial charge in [-0.2, -0.15) is 5.10 Å². The van der Waals surface area contributed by atoms with Crippen molar-refractivity contribution < 1.29 is 4.79 Å². The molecule has 0 unspecified atom stereocenters. The molecule has 4 nitrogen and oxygen atoms in total. The smallest absolute Gasteiger partial charge is 0.168 e. The second kappa shape index (κ2) is 6.99. The summed E-state index contributed by atoms with van der Waals surface area (Å²) in [6, 6.07) is 18.4. The Morgan fingerprint density at radius 3 is 2.10 bits per heavy atom. The number of Topliss-reactive ketones (excluding diaryl/α,β-unsaturated/α-hetero) is 1. The van der Waals surface area contributed by atoms with E-state index in [4.69, 9.17) is 5.73 Å². The monoisotopic (exact) mass is 265 g/mol. The largest absolute Gasteiger partial charge is 0.382 e. The predicted molar refractivity (Wildman–Crippen MR) is 81.0 cm³/mol. The van der Waals surface area contributed by atoms with Gasteiger partial charge >= 0.3 is 0 Å². The first-order valence-corrected chi connectivity index (χ1v) is 6.26. The standard InChI is InChI=1S/C16H15N3O/c17-16(14-9-5-2-6-10-14)19-18-12-11-15(20)13-7-3-1-4-8-13/h1-10,12H,11H2,(H2,17,19). The van der Waals surface area contributed by atoms with E-state index in [-0.39, 0.29) is 12.2 Å². The molecule has 0 saturated carbocycles. The molecule has 0 bridgehead atoms. The Hall–Kier alpha value is -2.75. The summed E-state index contributed by atoms with van der Waals surface area (Å²) in [6.45, 7) is 0. The van der Waals surface area contributed by atoms with Crippen LogP contribution in [0.1, 0.15) is 22.3 Å². The van der Waals surface area contributed by atoms with Crippen LogP contribution >= 0.6 is 0 Å². The molecule has 0 saturated heterocycles. The summed E-state index contributed by atoms with van der Waals surface area (Å²) in [7, 11) is 0. The highest BCUT2D eigenvalue weighted by Gasteiger charge is 2.01. The quantitative estimate of drug-likeness (QED) is 0.391. The number of carbonyl (C=O) groups excluding carboxylic acids is 1. The predicted octanol–water partition coefficient (Wildman–Crippen LogP) is 2.65. The molecule has 0 heterocycles. The third-order valence-electron chi connectivity index (χ3n) is 2.69. The fourth-order valence-electron chi connectivity index (χ4n) is 1.64. The van der Waals surface area contributed by atoms with Crippen LogP contribution in [0, 0.1) is 0 Å². The average molecular weight is 265 g/mol. The van der Waals surface area contributed by atoms with Crippen molar-refractivity contribution in [3.63, 3.8) is 0 Å². The fourth-order valence-corrected chi connectivity index (χ4v) is 1.64. The van der Waals surface area contributed by atoms with E-state index in [1.807, 2.05) is 48.5 Å². The highest BCUT2D eigenvalue weighted by Crippen LogP contribution is 2.02. The van der Waals surface area contributed by atoms with Gasteiger partial charge in [-0.3, -0.25) is 4.79 Å². The molecular formula is C16H15N3O. The molecule has 20 heavy (non-hydrogen) atoms. The molecule has 2 aromatic carbocycles. The number of benzene rings is 2. The van der Waals surface area contributed by atoms with Crippen molar-refractivity contribution in [3.05, 3.63) is 71.8 Å². The highest BCUT2D eigenvalue weighted by atomic mass is 16.1. The zero-order valence-electron chi connectivity index (χ0n) is 10.9. The van der Waals surface area contributed by atoms with Crippen LogP contribution in [0.15, 0.2) is 70.9 Å². The van der Waals surface area contributed by atoms with Gasteiger partial charge in [-0.1, -0.05) is 60.7 Å². The summed E-state index contributed by atoms with van der Waals surface area (Å²) in [4.78, 5) is 11.8. The van der Waals surface area contributed by atoms with Gasteiger partial charge in [0, 0.05) is 23.8 Å². The number of ketones is 1. The van der Waals surface area contributed by atoms with Crippen LogP contribution in [-0.4, -0.2) is 17.8 Å². The lowest BCUT2D eigenvalue weighted by Gasteiger charge is -1.97. The molecule has 100 valence electrons. The van der Waals surface area contributed by atoms with Gasteiger partial charge in [-0.25, -0.2) is 0 Å². The van der Waals surface area contributed by atoms with Crippen LogP contribution in [0.4, 0.5) is 0 Å². The van der Waals surface area contributed by atoms with Gasteiger partial charge in [-0.15, -0.1) is 5.10 Å². The molecule has 0 spiro atoms. The molecule has 0 atom stereocenters. The number of nitrogens with two attached hydrogens (primary N) is 1. The first-order chi connectivity index (χ1) is 9.77. The summed E-state index contributed by atoms with van der Waals surface area (Å²) in [5.74, 6) is 0.330. The van der Waals surface area contributed by atoms with Crippen molar-refractivity contribution in [1.29, 1.82) is 0 Å². The minimum absolute atomic E-state index is 0.00262. The minimum atomic E-state index is 0.00262. The Labute approximate surface area is 117 Å². The minimum Gasteiger partial charge on any atom is -0.382 e. The van der Waals surface area contributed by atoms with Crippen molar-refractivity contribution >= 4 is 17.8 Å². The van der Waals surface area contributed by atoms with Crippen molar-refractivity contribution in [2.75, 3.05) is 0 Å². The van der Waals surface area contributed by atoms with Gasteiger partial charge in [-0.05, 0) is 0 Å². The number of rotatable bonds is 5. The van der Waals surface area contributed by atoms with Crippen molar-refractivity contribution in [2.24, 2.45) is 15.9 Å². The number of amidine groups is 1. The Bertz CT molecular complexity index is 619. The van der Waals surface area contributed by atoms with Gasteiger partial charge in [0.15, 0.2) is 11.6 Å². The van der Waals surface area contributed by atoms with E-state index < -0.39 is 0 Å². The molecule has 0 aliphatic rings. The van der Waals surface area contributed by atoms with Crippen molar-refractivity contribution in [3.8, 4) is 0 Å². The van der Waals surface area contributed by atoms with Crippen LogP contribution in [0.2, 0.25) is 0 Å². The van der Waals surface area contributed by atoms with Crippen LogP contribution in [0.25, 0.3) is 0 Å². The van der Waals surface area contributed by atoms with Gasteiger partial charge in [0.2, 0.25) is 0 Å². The maximum Gasteiger partial charge on any atom is 0.168 e. The summed E-state index contributed by atoms with van der Waals surface area (Å²) >= 11 is 0. The lowest BCUT2D eigenvalue weighted by Crippen LogP contribution is -2.12. The first-order valence-electron chi connectivity index (χ1n) is 6.26. The molecule has 2 rings (SSSR count). The second-order valence-corrected chi connectivity index (χ2v) is 4.14. The van der Waals surface area contributed by atoms with Gasteiger partial charge < -0.3 is 5.73 Å². The normalized spacial score (nSPS) is 11.7. The Balaban J connectivity index is 1.93. The van der Waals surface area contributed by atoms with Gasteiger partial charge in [0.05, 0.1) is 0 Å². The molecule has 4 heteroatoms. The molecule has 0 aromatic heterocycles. The maximum absolute atomic E-state index is 11.8.